The molecule has 3 N–H and O–H groups in total. The number of amides is 3. The van der Waals surface area contributed by atoms with E-state index in [0.29, 0.717) is 0 Å². The minimum Gasteiger partial charge on any atom is -0.344 e. The zero-order valence-corrected chi connectivity index (χ0v) is 12.1. The molecule has 0 aromatic heterocycles. The maximum atomic E-state index is 13.4. The van der Waals surface area contributed by atoms with E-state index in [-0.39, 0.29) is 17.4 Å². The smallest absolute Gasteiger partial charge is 0.272 e. The van der Waals surface area contributed by atoms with E-state index in [1.807, 2.05) is 0 Å². The first kappa shape index (κ1) is 16.6. The van der Waals surface area contributed by atoms with Gasteiger partial charge in [-0.25, -0.2) is 4.39 Å². The van der Waals surface area contributed by atoms with Gasteiger partial charge < -0.3 is 5.32 Å². The molecule has 0 heterocycles. The lowest BCUT2D eigenvalue weighted by molar-refractivity contribution is -0.129. The highest BCUT2D eigenvalue weighted by Gasteiger charge is 2.23. The zero-order valence-electron chi connectivity index (χ0n) is 12.1. The Morgan fingerprint density at radius 3 is 2.24 bits per heavy atom. The molecule has 0 radical (unpaired) electrons. The second-order valence-electron chi connectivity index (χ2n) is 4.85. The van der Waals surface area contributed by atoms with Crippen LogP contribution < -0.4 is 16.2 Å². The molecule has 0 aliphatic rings. The number of benzene rings is 1. The van der Waals surface area contributed by atoms with E-state index in [9.17, 15) is 18.8 Å². The van der Waals surface area contributed by atoms with Crippen LogP contribution in [-0.2, 0) is 9.59 Å². The van der Waals surface area contributed by atoms with Gasteiger partial charge in [-0.15, -0.1) is 0 Å². The monoisotopic (exact) mass is 295 g/mol. The summed E-state index contributed by atoms with van der Waals surface area (Å²) in [5.74, 6) is -2.56. The number of hydrogen-bond acceptors (Lipinski definition) is 3. The molecule has 0 spiro atoms. The summed E-state index contributed by atoms with van der Waals surface area (Å²) in [7, 11) is 0. The molecular weight excluding hydrogens is 277 g/mol. The van der Waals surface area contributed by atoms with Crippen molar-refractivity contribution >= 4 is 17.7 Å². The molecule has 0 bridgehead atoms. The summed E-state index contributed by atoms with van der Waals surface area (Å²) in [4.78, 5) is 34.7. The lowest BCUT2D eigenvalue weighted by atomic mass is 10.0. The van der Waals surface area contributed by atoms with Gasteiger partial charge in [0, 0.05) is 6.92 Å². The van der Waals surface area contributed by atoms with Crippen molar-refractivity contribution in [3.05, 3.63) is 35.6 Å². The first-order valence-corrected chi connectivity index (χ1v) is 6.44. The molecule has 0 aliphatic carbocycles. The molecular formula is C14H18FN3O3. The van der Waals surface area contributed by atoms with E-state index in [1.165, 1.54) is 25.1 Å². The third-order valence-electron chi connectivity index (χ3n) is 2.73. The lowest BCUT2D eigenvalue weighted by Crippen LogP contribution is -2.54. The van der Waals surface area contributed by atoms with Crippen LogP contribution in [0.5, 0.6) is 0 Å². The SMILES string of the molecule is CC(=O)N[C@H](C(=O)NNC(=O)c1ccccc1F)C(C)C. The number of nitrogens with one attached hydrogen (secondary N) is 3. The molecule has 0 aliphatic heterocycles. The second kappa shape index (κ2) is 7.37. The summed E-state index contributed by atoms with van der Waals surface area (Å²) in [5, 5.41) is 2.48. The highest BCUT2D eigenvalue weighted by Crippen LogP contribution is 2.05. The molecule has 1 atom stereocenters. The summed E-state index contributed by atoms with van der Waals surface area (Å²) in [6.07, 6.45) is 0. The van der Waals surface area contributed by atoms with Crippen LogP contribution in [0.3, 0.4) is 0 Å². The van der Waals surface area contributed by atoms with Gasteiger partial charge in [0.15, 0.2) is 0 Å². The van der Waals surface area contributed by atoms with Crippen LogP contribution in [0.4, 0.5) is 4.39 Å². The summed E-state index contributed by atoms with van der Waals surface area (Å²) in [5.41, 5.74) is 4.11. The predicted octanol–water partition coefficient (Wildman–Crippen LogP) is 0.747. The average Bonchev–Trinajstić information content (AvgIpc) is 2.41. The van der Waals surface area contributed by atoms with Crippen molar-refractivity contribution in [1.29, 1.82) is 0 Å². The van der Waals surface area contributed by atoms with Crippen molar-refractivity contribution < 1.29 is 18.8 Å². The molecule has 21 heavy (non-hydrogen) atoms. The fourth-order valence-corrected chi connectivity index (χ4v) is 1.66. The van der Waals surface area contributed by atoms with E-state index in [1.54, 1.807) is 13.8 Å². The molecule has 0 fully saturated rings. The minimum absolute atomic E-state index is 0.167. The Morgan fingerprint density at radius 1 is 1.10 bits per heavy atom. The van der Waals surface area contributed by atoms with E-state index in [4.69, 9.17) is 0 Å². The van der Waals surface area contributed by atoms with Crippen molar-refractivity contribution in [1.82, 2.24) is 16.2 Å². The fraction of sp³-hybridized carbons (Fsp3) is 0.357. The van der Waals surface area contributed by atoms with Crippen molar-refractivity contribution in [3.8, 4) is 0 Å². The zero-order chi connectivity index (χ0) is 16.0. The van der Waals surface area contributed by atoms with Gasteiger partial charge >= 0.3 is 0 Å². The quantitative estimate of drug-likeness (QED) is 0.716. The van der Waals surface area contributed by atoms with Gasteiger partial charge in [-0.3, -0.25) is 25.2 Å². The molecule has 1 rings (SSSR count). The van der Waals surface area contributed by atoms with Crippen molar-refractivity contribution in [2.45, 2.75) is 26.8 Å². The third-order valence-corrected chi connectivity index (χ3v) is 2.73. The molecule has 7 heteroatoms. The van der Waals surface area contributed by atoms with E-state index in [0.717, 1.165) is 6.07 Å². The summed E-state index contributed by atoms with van der Waals surface area (Å²) >= 11 is 0. The minimum atomic E-state index is -0.788. The van der Waals surface area contributed by atoms with Gasteiger partial charge in [0.25, 0.3) is 11.8 Å². The standard InChI is InChI=1S/C14H18FN3O3/c1-8(2)12(16-9(3)19)14(21)18-17-13(20)10-6-4-5-7-11(10)15/h4-8,12H,1-3H3,(H,16,19)(H,17,20)(H,18,21)/t12-/m0/s1. The van der Waals surface area contributed by atoms with Crippen LogP contribution in [0.2, 0.25) is 0 Å². The van der Waals surface area contributed by atoms with Crippen LogP contribution in [-0.4, -0.2) is 23.8 Å². The van der Waals surface area contributed by atoms with Gasteiger partial charge in [0.1, 0.15) is 11.9 Å². The average molecular weight is 295 g/mol. The van der Waals surface area contributed by atoms with E-state index in [2.05, 4.69) is 16.2 Å². The lowest BCUT2D eigenvalue weighted by Gasteiger charge is -2.21. The van der Waals surface area contributed by atoms with Gasteiger partial charge in [-0.1, -0.05) is 26.0 Å². The van der Waals surface area contributed by atoms with Gasteiger partial charge in [0.05, 0.1) is 5.56 Å². The number of hydrazine groups is 1. The van der Waals surface area contributed by atoms with Crippen molar-refractivity contribution in [2.24, 2.45) is 5.92 Å². The first-order chi connectivity index (χ1) is 9.82. The molecule has 114 valence electrons. The third kappa shape index (κ3) is 4.87. The fourth-order valence-electron chi connectivity index (χ4n) is 1.66. The topological polar surface area (TPSA) is 87.3 Å². The molecule has 0 unspecified atom stereocenters. The number of carbonyl (C=O) groups excluding carboxylic acids is 3. The molecule has 6 nitrogen and oxygen atoms in total. The molecule has 0 saturated carbocycles. The van der Waals surface area contributed by atoms with Crippen molar-refractivity contribution in [3.63, 3.8) is 0 Å². The Labute approximate surface area is 122 Å². The maximum Gasteiger partial charge on any atom is 0.272 e. The Morgan fingerprint density at radius 2 is 1.71 bits per heavy atom. The maximum absolute atomic E-state index is 13.4. The van der Waals surface area contributed by atoms with E-state index < -0.39 is 23.7 Å². The number of hydrogen-bond donors (Lipinski definition) is 3. The molecule has 0 saturated heterocycles. The number of rotatable bonds is 4. The van der Waals surface area contributed by atoms with Gasteiger partial charge in [-0.2, -0.15) is 0 Å². The largest absolute Gasteiger partial charge is 0.344 e. The molecule has 3 amide bonds. The first-order valence-electron chi connectivity index (χ1n) is 6.44. The molecule has 1 aromatic carbocycles. The highest BCUT2D eigenvalue weighted by atomic mass is 19.1. The van der Waals surface area contributed by atoms with Crippen LogP contribution in [0.25, 0.3) is 0 Å². The Kier molecular flexibility index (Phi) is 5.83. The number of halogens is 1. The normalized spacial score (nSPS) is 11.7. The Balaban J connectivity index is 2.65. The summed E-state index contributed by atoms with van der Waals surface area (Å²) in [6.45, 7) is 4.79. The summed E-state index contributed by atoms with van der Waals surface area (Å²) in [6, 6.07) is 4.61. The van der Waals surface area contributed by atoms with Gasteiger partial charge in [-0.05, 0) is 18.1 Å². The Bertz CT molecular complexity index is 546. The van der Waals surface area contributed by atoms with E-state index >= 15 is 0 Å². The summed E-state index contributed by atoms with van der Waals surface area (Å²) < 4.78 is 13.4. The van der Waals surface area contributed by atoms with Gasteiger partial charge in [0.2, 0.25) is 5.91 Å². The van der Waals surface area contributed by atoms with Crippen LogP contribution >= 0.6 is 0 Å². The predicted molar refractivity (Wildman–Crippen MR) is 74.5 cm³/mol. The van der Waals surface area contributed by atoms with Crippen molar-refractivity contribution in [2.75, 3.05) is 0 Å². The highest BCUT2D eigenvalue weighted by molar-refractivity contribution is 5.96. The second-order valence-corrected chi connectivity index (χ2v) is 4.85. The van der Waals surface area contributed by atoms with Crippen LogP contribution in [0.15, 0.2) is 24.3 Å². The van der Waals surface area contributed by atoms with Crippen LogP contribution in [0.1, 0.15) is 31.1 Å². The number of carbonyl (C=O) groups is 3. The molecule has 1 aromatic rings. The van der Waals surface area contributed by atoms with Crippen LogP contribution in [0, 0.1) is 11.7 Å². The Hall–Kier alpha value is -2.44.